The number of benzene rings is 1. The van der Waals surface area contributed by atoms with Crippen LogP contribution in [0.3, 0.4) is 0 Å². The second kappa shape index (κ2) is 6.86. The van der Waals surface area contributed by atoms with Crippen molar-refractivity contribution >= 4 is 17.5 Å². The van der Waals surface area contributed by atoms with Gasteiger partial charge in [0.15, 0.2) is 0 Å². The number of halogens is 1. The fourth-order valence-electron chi connectivity index (χ4n) is 2.22. The maximum Gasteiger partial charge on any atom is 0.248 e. The SMILES string of the molecule is NNC(=O)CN1CCN(Cc2ccccc2Cl)CC1. The molecule has 0 radical (unpaired) electrons. The Morgan fingerprint density at radius 3 is 2.47 bits per heavy atom. The number of hydrogen-bond donors (Lipinski definition) is 2. The predicted octanol–water partition coefficient (Wildman–Crippen LogP) is 0.448. The first kappa shape index (κ1) is 14.3. The second-order valence-corrected chi connectivity index (χ2v) is 5.12. The van der Waals surface area contributed by atoms with Gasteiger partial charge in [-0.25, -0.2) is 5.84 Å². The summed E-state index contributed by atoms with van der Waals surface area (Å²) in [5.41, 5.74) is 3.31. The third-order valence-electron chi connectivity index (χ3n) is 3.34. The van der Waals surface area contributed by atoms with Crippen molar-refractivity contribution in [2.75, 3.05) is 32.7 Å². The molecule has 1 fully saturated rings. The van der Waals surface area contributed by atoms with Crippen LogP contribution < -0.4 is 11.3 Å². The number of rotatable bonds is 4. The topological polar surface area (TPSA) is 61.6 Å². The number of nitrogens with two attached hydrogens (primary N) is 1. The highest BCUT2D eigenvalue weighted by Crippen LogP contribution is 2.17. The fourth-order valence-corrected chi connectivity index (χ4v) is 2.42. The normalized spacial score (nSPS) is 17.4. The van der Waals surface area contributed by atoms with Crippen LogP contribution in [0.15, 0.2) is 24.3 Å². The van der Waals surface area contributed by atoms with Crippen LogP contribution in [0.2, 0.25) is 5.02 Å². The second-order valence-electron chi connectivity index (χ2n) is 4.71. The van der Waals surface area contributed by atoms with Gasteiger partial charge in [-0.2, -0.15) is 0 Å². The molecule has 0 bridgehead atoms. The molecule has 0 aromatic heterocycles. The average molecular weight is 283 g/mol. The number of piperazine rings is 1. The molecule has 1 aliphatic rings. The van der Waals surface area contributed by atoms with Crippen molar-refractivity contribution in [3.63, 3.8) is 0 Å². The van der Waals surface area contributed by atoms with Gasteiger partial charge in [-0.15, -0.1) is 0 Å². The summed E-state index contributed by atoms with van der Waals surface area (Å²) in [4.78, 5) is 15.6. The van der Waals surface area contributed by atoms with Gasteiger partial charge >= 0.3 is 0 Å². The van der Waals surface area contributed by atoms with Crippen molar-refractivity contribution in [3.8, 4) is 0 Å². The number of amides is 1. The predicted molar refractivity (Wildman–Crippen MR) is 75.5 cm³/mol. The molecule has 3 N–H and O–H groups in total. The molecule has 1 aromatic carbocycles. The van der Waals surface area contributed by atoms with E-state index in [1.807, 2.05) is 18.2 Å². The van der Waals surface area contributed by atoms with Gasteiger partial charge in [0.1, 0.15) is 0 Å². The van der Waals surface area contributed by atoms with E-state index in [-0.39, 0.29) is 5.91 Å². The van der Waals surface area contributed by atoms with Gasteiger partial charge in [-0.05, 0) is 11.6 Å². The van der Waals surface area contributed by atoms with E-state index < -0.39 is 0 Å². The van der Waals surface area contributed by atoms with Gasteiger partial charge in [0.25, 0.3) is 0 Å². The Hall–Kier alpha value is -1.14. The van der Waals surface area contributed by atoms with Gasteiger partial charge in [-0.1, -0.05) is 29.8 Å². The fraction of sp³-hybridized carbons (Fsp3) is 0.462. The molecule has 1 aromatic rings. The molecule has 104 valence electrons. The molecule has 2 rings (SSSR count). The Morgan fingerprint density at radius 1 is 1.21 bits per heavy atom. The van der Waals surface area contributed by atoms with E-state index in [9.17, 15) is 4.79 Å². The van der Waals surface area contributed by atoms with E-state index in [4.69, 9.17) is 17.4 Å². The lowest BCUT2D eigenvalue weighted by Crippen LogP contribution is -2.49. The molecular formula is C13H19ClN4O. The van der Waals surface area contributed by atoms with E-state index >= 15 is 0 Å². The molecule has 0 atom stereocenters. The van der Waals surface area contributed by atoms with Crippen LogP contribution in [-0.4, -0.2) is 48.4 Å². The number of carbonyl (C=O) groups is 1. The standard InChI is InChI=1S/C13H19ClN4O/c14-12-4-2-1-3-11(12)9-17-5-7-18(8-6-17)10-13(19)16-15/h1-4H,5-10,15H2,(H,16,19). The summed E-state index contributed by atoms with van der Waals surface area (Å²) in [6.07, 6.45) is 0. The lowest BCUT2D eigenvalue weighted by molar-refractivity contribution is -0.122. The van der Waals surface area contributed by atoms with Gasteiger partial charge in [0, 0.05) is 37.7 Å². The third-order valence-corrected chi connectivity index (χ3v) is 3.71. The molecule has 6 heteroatoms. The molecule has 5 nitrogen and oxygen atoms in total. The maximum atomic E-state index is 11.2. The first-order valence-corrected chi connectivity index (χ1v) is 6.74. The van der Waals surface area contributed by atoms with Crippen molar-refractivity contribution in [2.45, 2.75) is 6.54 Å². The number of carbonyl (C=O) groups excluding carboxylic acids is 1. The van der Waals surface area contributed by atoms with Crippen LogP contribution in [0, 0.1) is 0 Å². The summed E-state index contributed by atoms with van der Waals surface area (Å²) in [5, 5.41) is 0.812. The molecule has 1 saturated heterocycles. The van der Waals surface area contributed by atoms with Crippen molar-refractivity contribution in [1.82, 2.24) is 15.2 Å². The van der Waals surface area contributed by atoms with Crippen LogP contribution in [0.25, 0.3) is 0 Å². The van der Waals surface area contributed by atoms with Crippen LogP contribution in [0.1, 0.15) is 5.56 Å². The van der Waals surface area contributed by atoms with Gasteiger partial charge in [0.2, 0.25) is 5.91 Å². The molecule has 0 aliphatic carbocycles. The summed E-state index contributed by atoms with van der Waals surface area (Å²) in [6.45, 7) is 4.84. The van der Waals surface area contributed by atoms with Crippen molar-refractivity contribution in [2.24, 2.45) is 5.84 Å². The molecule has 1 heterocycles. The largest absolute Gasteiger partial charge is 0.296 e. The van der Waals surface area contributed by atoms with E-state index in [1.165, 1.54) is 0 Å². The summed E-state index contributed by atoms with van der Waals surface area (Å²) < 4.78 is 0. The minimum absolute atomic E-state index is 0.139. The summed E-state index contributed by atoms with van der Waals surface area (Å²) in [7, 11) is 0. The lowest BCUT2D eigenvalue weighted by Gasteiger charge is -2.34. The number of hydrogen-bond acceptors (Lipinski definition) is 4. The molecule has 0 unspecified atom stereocenters. The Kier molecular flexibility index (Phi) is 5.15. The minimum atomic E-state index is -0.139. The van der Waals surface area contributed by atoms with Crippen LogP contribution in [0.5, 0.6) is 0 Å². The zero-order valence-corrected chi connectivity index (χ0v) is 11.6. The molecule has 0 saturated carbocycles. The highest BCUT2D eigenvalue weighted by molar-refractivity contribution is 6.31. The van der Waals surface area contributed by atoms with Crippen LogP contribution in [-0.2, 0) is 11.3 Å². The van der Waals surface area contributed by atoms with Gasteiger partial charge in [-0.3, -0.25) is 20.0 Å². The monoisotopic (exact) mass is 282 g/mol. The van der Waals surface area contributed by atoms with Crippen LogP contribution in [0.4, 0.5) is 0 Å². The zero-order valence-electron chi connectivity index (χ0n) is 10.8. The molecule has 1 aliphatic heterocycles. The smallest absolute Gasteiger partial charge is 0.248 e. The minimum Gasteiger partial charge on any atom is -0.296 e. The molecule has 0 spiro atoms. The molecule has 19 heavy (non-hydrogen) atoms. The Morgan fingerprint density at radius 2 is 1.84 bits per heavy atom. The lowest BCUT2D eigenvalue weighted by atomic mass is 10.2. The summed E-state index contributed by atoms with van der Waals surface area (Å²) >= 11 is 6.16. The Labute approximate surface area is 118 Å². The highest BCUT2D eigenvalue weighted by Gasteiger charge is 2.19. The number of nitrogens with zero attached hydrogens (tertiary/aromatic N) is 2. The van der Waals surface area contributed by atoms with Crippen molar-refractivity contribution < 1.29 is 4.79 Å². The molecule has 1 amide bonds. The highest BCUT2D eigenvalue weighted by atomic mass is 35.5. The number of nitrogens with one attached hydrogen (secondary N) is 1. The van der Waals surface area contributed by atoms with E-state index in [2.05, 4.69) is 21.3 Å². The van der Waals surface area contributed by atoms with Crippen molar-refractivity contribution in [3.05, 3.63) is 34.9 Å². The van der Waals surface area contributed by atoms with E-state index in [0.29, 0.717) is 6.54 Å². The van der Waals surface area contributed by atoms with Crippen LogP contribution >= 0.6 is 11.6 Å². The molecular weight excluding hydrogens is 264 g/mol. The maximum absolute atomic E-state index is 11.2. The average Bonchev–Trinajstić information content (AvgIpc) is 2.43. The first-order chi connectivity index (χ1) is 9.19. The Bertz CT molecular complexity index is 432. The van der Waals surface area contributed by atoms with Gasteiger partial charge in [0.05, 0.1) is 6.54 Å². The van der Waals surface area contributed by atoms with E-state index in [1.54, 1.807) is 0 Å². The third kappa shape index (κ3) is 4.18. The van der Waals surface area contributed by atoms with Crippen molar-refractivity contribution in [1.29, 1.82) is 0 Å². The zero-order chi connectivity index (χ0) is 13.7. The first-order valence-electron chi connectivity index (χ1n) is 6.36. The summed E-state index contributed by atoms with van der Waals surface area (Å²) in [6, 6.07) is 7.91. The van der Waals surface area contributed by atoms with E-state index in [0.717, 1.165) is 43.3 Å². The quantitative estimate of drug-likeness (QED) is 0.478. The Balaban J connectivity index is 1.81. The van der Waals surface area contributed by atoms with Gasteiger partial charge < -0.3 is 0 Å². The summed E-state index contributed by atoms with van der Waals surface area (Å²) in [5.74, 6) is 4.94. The number of hydrazine groups is 1.